The molecule has 0 radical (unpaired) electrons. The van der Waals surface area contributed by atoms with E-state index in [0.29, 0.717) is 37.0 Å². The van der Waals surface area contributed by atoms with Gasteiger partial charge < -0.3 is 10.6 Å². The number of benzene rings is 1. The largest absolute Gasteiger partial charge is 0.357 e. The highest BCUT2D eigenvalue weighted by atomic mass is 127. The Morgan fingerprint density at radius 1 is 1.27 bits per heavy atom. The van der Waals surface area contributed by atoms with Gasteiger partial charge in [0.25, 0.3) is 0 Å². The van der Waals surface area contributed by atoms with Crippen molar-refractivity contribution in [3.05, 3.63) is 43.0 Å². The molecular formula is C18H29IN4O2S. The van der Waals surface area contributed by atoms with Gasteiger partial charge in [-0.15, -0.1) is 30.6 Å². The Morgan fingerprint density at radius 3 is 2.50 bits per heavy atom. The zero-order valence-corrected chi connectivity index (χ0v) is 18.4. The Hall–Kier alpha value is -1.13. The highest BCUT2D eigenvalue weighted by Crippen LogP contribution is 2.23. The topological polar surface area (TPSA) is 73.8 Å². The van der Waals surface area contributed by atoms with Gasteiger partial charge in [-0.05, 0) is 37.8 Å². The molecule has 8 heteroatoms. The molecule has 0 bridgehead atoms. The van der Waals surface area contributed by atoms with Crippen LogP contribution in [0.25, 0.3) is 0 Å². The van der Waals surface area contributed by atoms with Crippen LogP contribution in [0, 0.1) is 5.92 Å². The van der Waals surface area contributed by atoms with Crippen molar-refractivity contribution in [1.82, 2.24) is 14.9 Å². The number of piperidine rings is 1. The molecule has 1 fully saturated rings. The average molecular weight is 492 g/mol. The van der Waals surface area contributed by atoms with E-state index in [0.717, 1.165) is 25.3 Å². The van der Waals surface area contributed by atoms with E-state index in [9.17, 15) is 8.42 Å². The first kappa shape index (κ1) is 22.9. The van der Waals surface area contributed by atoms with Crippen molar-refractivity contribution in [3.63, 3.8) is 0 Å². The van der Waals surface area contributed by atoms with Gasteiger partial charge in [-0.2, -0.15) is 4.31 Å². The number of sulfonamides is 1. The van der Waals surface area contributed by atoms with Crippen LogP contribution in [0.3, 0.4) is 0 Å². The maximum Gasteiger partial charge on any atom is 0.243 e. The first-order valence-corrected chi connectivity index (χ1v) is 10.2. The molecule has 0 saturated carbocycles. The number of rotatable bonds is 7. The van der Waals surface area contributed by atoms with Gasteiger partial charge in [0.1, 0.15) is 0 Å². The van der Waals surface area contributed by atoms with Gasteiger partial charge in [0.05, 0.1) is 4.90 Å². The minimum atomic E-state index is -3.38. The van der Waals surface area contributed by atoms with E-state index < -0.39 is 10.0 Å². The Kier molecular flexibility index (Phi) is 10.2. The molecule has 26 heavy (non-hydrogen) atoms. The molecule has 0 amide bonds. The summed E-state index contributed by atoms with van der Waals surface area (Å²) in [6.07, 6.45) is 3.45. The van der Waals surface area contributed by atoms with Gasteiger partial charge in [0.2, 0.25) is 10.0 Å². The fourth-order valence-corrected chi connectivity index (χ4v) is 4.30. The molecule has 1 aromatic rings. The summed E-state index contributed by atoms with van der Waals surface area (Å²) in [6, 6.07) is 8.64. The summed E-state index contributed by atoms with van der Waals surface area (Å²) < 4.78 is 26.9. The van der Waals surface area contributed by atoms with Crippen LogP contribution in [-0.4, -0.2) is 51.4 Å². The Balaban J connectivity index is 0.00000338. The number of halogens is 1. The SMILES string of the molecule is C=CCNC(=NCC1CCN(S(=O)(=O)c2ccccc2)CC1)NCC.I. The summed E-state index contributed by atoms with van der Waals surface area (Å²) in [7, 11) is -3.38. The molecule has 1 saturated heterocycles. The monoisotopic (exact) mass is 492 g/mol. The Bertz CT molecular complexity index is 672. The standard InChI is InChI=1S/C18H28N4O2S.HI/c1-3-12-20-18(19-4-2)21-15-16-10-13-22(14-11-16)25(23,24)17-8-6-5-7-9-17;/h3,5-9,16H,1,4,10-15H2,2H3,(H2,19,20,21);1H. The molecule has 0 aromatic heterocycles. The normalized spacial score (nSPS) is 16.6. The van der Waals surface area contributed by atoms with Crippen molar-refractivity contribution in [2.24, 2.45) is 10.9 Å². The lowest BCUT2D eigenvalue weighted by Crippen LogP contribution is -2.40. The molecule has 146 valence electrons. The van der Waals surface area contributed by atoms with Crippen molar-refractivity contribution >= 4 is 40.0 Å². The van der Waals surface area contributed by atoms with E-state index in [4.69, 9.17) is 0 Å². The van der Waals surface area contributed by atoms with Crippen LogP contribution >= 0.6 is 24.0 Å². The lowest BCUT2D eigenvalue weighted by Gasteiger charge is -2.30. The molecule has 0 aliphatic carbocycles. The molecule has 2 N–H and O–H groups in total. The number of guanidine groups is 1. The maximum atomic E-state index is 12.6. The lowest BCUT2D eigenvalue weighted by molar-refractivity contribution is 0.278. The number of nitrogens with zero attached hydrogens (tertiary/aromatic N) is 2. The number of hydrogen-bond donors (Lipinski definition) is 2. The second-order valence-electron chi connectivity index (χ2n) is 6.05. The third kappa shape index (κ3) is 6.55. The van der Waals surface area contributed by atoms with E-state index in [2.05, 4.69) is 22.2 Å². The van der Waals surface area contributed by atoms with Gasteiger partial charge in [-0.3, -0.25) is 4.99 Å². The van der Waals surface area contributed by atoms with Crippen molar-refractivity contribution in [3.8, 4) is 0 Å². The highest BCUT2D eigenvalue weighted by Gasteiger charge is 2.29. The van der Waals surface area contributed by atoms with E-state index in [1.54, 1.807) is 34.6 Å². The van der Waals surface area contributed by atoms with Crippen molar-refractivity contribution in [2.75, 3.05) is 32.7 Å². The summed E-state index contributed by atoms with van der Waals surface area (Å²) in [5.74, 6) is 1.18. The van der Waals surface area contributed by atoms with E-state index in [1.165, 1.54) is 0 Å². The maximum absolute atomic E-state index is 12.6. The zero-order chi connectivity index (χ0) is 18.1. The third-order valence-electron chi connectivity index (χ3n) is 4.22. The first-order chi connectivity index (χ1) is 12.1. The van der Waals surface area contributed by atoms with Gasteiger partial charge in [0.15, 0.2) is 5.96 Å². The number of hydrogen-bond acceptors (Lipinski definition) is 3. The number of aliphatic imine (C=N–C) groups is 1. The van der Waals surface area contributed by atoms with Crippen LogP contribution in [0.4, 0.5) is 0 Å². The van der Waals surface area contributed by atoms with Crippen LogP contribution in [0.1, 0.15) is 19.8 Å². The molecule has 0 atom stereocenters. The smallest absolute Gasteiger partial charge is 0.243 e. The van der Waals surface area contributed by atoms with E-state index in [-0.39, 0.29) is 24.0 Å². The molecule has 1 aliphatic heterocycles. The minimum absolute atomic E-state index is 0. The molecule has 1 heterocycles. The molecule has 0 spiro atoms. The number of nitrogens with one attached hydrogen (secondary N) is 2. The first-order valence-electron chi connectivity index (χ1n) is 8.76. The van der Waals surface area contributed by atoms with Crippen LogP contribution in [0.5, 0.6) is 0 Å². The highest BCUT2D eigenvalue weighted by molar-refractivity contribution is 14.0. The summed E-state index contributed by atoms with van der Waals surface area (Å²) in [6.45, 7) is 8.99. The van der Waals surface area contributed by atoms with Crippen molar-refractivity contribution in [2.45, 2.75) is 24.7 Å². The van der Waals surface area contributed by atoms with Crippen LogP contribution < -0.4 is 10.6 Å². The quantitative estimate of drug-likeness (QED) is 0.266. The molecule has 2 rings (SSSR count). The second kappa shape index (κ2) is 11.6. The molecule has 0 unspecified atom stereocenters. The van der Waals surface area contributed by atoms with Gasteiger partial charge >= 0.3 is 0 Å². The summed E-state index contributed by atoms with van der Waals surface area (Å²) in [5.41, 5.74) is 0. The predicted molar refractivity (Wildman–Crippen MR) is 118 cm³/mol. The molecular weight excluding hydrogens is 463 g/mol. The molecule has 1 aliphatic rings. The summed E-state index contributed by atoms with van der Waals surface area (Å²) in [4.78, 5) is 4.97. The van der Waals surface area contributed by atoms with Crippen LogP contribution in [0.2, 0.25) is 0 Å². The van der Waals surface area contributed by atoms with Gasteiger partial charge in [-0.1, -0.05) is 24.3 Å². The fourth-order valence-electron chi connectivity index (χ4n) is 2.80. The van der Waals surface area contributed by atoms with E-state index >= 15 is 0 Å². The Morgan fingerprint density at radius 2 is 1.92 bits per heavy atom. The zero-order valence-electron chi connectivity index (χ0n) is 15.2. The molecule has 1 aromatic carbocycles. The Labute approximate surface area is 174 Å². The average Bonchev–Trinajstić information content (AvgIpc) is 2.65. The van der Waals surface area contributed by atoms with Crippen molar-refractivity contribution < 1.29 is 8.42 Å². The van der Waals surface area contributed by atoms with Gasteiger partial charge in [-0.25, -0.2) is 8.42 Å². The van der Waals surface area contributed by atoms with Crippen LogP contribution in [0.15, 0.2) is 52.9 Å². The predicted octanol–water partition coefficient (Wildman–Crippen LogP) is 2.45. The van der Waals surface area contributed by atoms with E-state index in [1.807, 2.05) is 13.0 Å². The van der Waals surface area contributed by atoms with Crippen LogP contribution in [-0.2, 0) is 10.0 Å². The third-order valence-corrected chi connectivity index (χ3v) is 6.13. The van der Waals surface area contributed by atoms with Gasteiger partial charge in [0, 0.05) is 32.7 Å². The summed E-state index contributed by atoms with van der Waals surface area (Å²) >= 11 is 0. The van der Waals surface area contributed by atoms with Crippen molar-refractivity contribution in [1.29, 1.82) is 0 Å². The fraction of sp³-hybridized carbons (Fsp3) is 0.500. The second-order valence-corrected chi connectivity index (χ2v) is 7.99. The minimum Gasteiger partial charge on any atom is -0.357 e. The molecule has 6 nitrogen and oxygen atoms in total. The lowest BCUT2D eigenvalue weighted by atomic mass is 9.98. The summed E-state index contributed by atoms with van der Waals surface area (Å²) in [5, 5.41) is 6.38.